The van der Waals surface area contributed by atoms with Gasteiger partial charge in [-0.25, -0.2) is 21.6 Å². The van der Waals surface area contributed by atoms with Crippen molar-refractivity contribution in [1.82, 2.24) is 0 Å². The number of amides is 1. The van der Waals surface area contributed by atoms with Gasteiger partial charge in [-0.3, -0.25) is 4.79 Å². The average molecular weight is 488 g/mol. The minimum Gasteiger partial charge on any atom is -0.396 e. The summed E-state index contributed by atoms with van der Waals surface area (Å²) in [7, 11) is -3.87. The fourth-order valence-corrected chi connectivity index (χ4v) is 7.97. The molecule has 2 saturated carbocycles. The Labute approximate surface area is 188 Å². The van der Waals surface area contributed by atoms with Crippen molar-refractivity contribution in [3.8, 4) is 0 Å². The lowest BCUT2D eigenvalue weighted by molar-refractivity contribution is 0.102. The molecular formula is C22H21ClF3NO4S. The number of aliphatic hydroxyl groups is 1. The average Bonchev–Trinajstić information content (AvgIpc) is 3.03. The highest BCUT2D eigenvalue weighted by Gasteiger charge is 2.49. The number of nitrogens with one attached hydrogen (secondary N) is 1. The predicted octanol–water partition coefficient (Wildman–Crippen LogP) is 4.58. The summed E-state index contributed by atoms with van der Waals surface area (Å²) in [4.78, 5) is 12.4. The summed E-state index contributed by atoms with van der Waals surface area (Å²) in [5.74, 6) is -5.50. The van der Waals surface area contributed by atoms with Gasteiger partial charge in [0.25, 0.3) is 5.91 Å². The highest BCUT2D eigenvalue weighted by Crippen LogP contribution is 2.50. The van der Waals surface area contributed by atoms with Crippen molar-refractivity contribution in [1.29, 1.82) is 0 Å². The van der Waals surface area contributed by atoms with Crippen LogP contribution in [0.4, 0.5) is 18.9 Å². The number of hydrogen-bond donors (Lipinski definition) is 2. The van der Waals surface area contributed by atoms with Gasteiger partial charge in [0, 0.05) is 30.0 Å². The van der Waals surface area contributed by atoms with E-state index in [9.17, 15) is 31.5 Å². The molecule has 2 aliphatic carbocycles. The highest BCUT2D eigenvalue weighted by atomic mass is 35.5. The Morgan fingerprint density at radius 3 is 2.22 bits per heavy atom. The van der Waals surface area contributed by atoms with Crippen molar-refractivity contribution < 1.29 is 31.5 Å². The van der Waals surface area contributed by atoms with Crippen LogP contribution in [-0.4, -0.2) is 31.3 Å². The predicted molar refractivity (Wildman–Crippen MR) is 113 cm³/mol. The molecule has 172 valence electrons. The molecular weight excluding hydrogens is 467 g/mol. The summed E-state index contributed by atoms with van der Waals surface area (Å²) in [6.07, 6.45) is 2.75. The van der Waals surface area contributed by atoms with Gasteiger partial charge >= 0.3 is 0 Å². The molecule has 10 heteroatoms. The van der Waals surface area contributed by atoms with Crippen molar-refractivity contribution in [2.45, 2.75) is 35.8 Å². The molecule has 2 fully saturated rings. The Kier molecular flexibility index (Phi) is 6.26. The van der Waals surface area contributed by atoms with E-state index in [0.29, 0.717) is 25.0 Å². The van der Waals surface area contributed by atoms with Gasteiger partial charge in [-0.15, -0.1) is 0 Å². The second-order valence-corrected chi connectivity index (χ2v) is 11.0. The number of carbonyl (C=O) groups is 1. The van der Waals surface area contributed by atoms with Crippen LogP contribution in [0.15, 0.2) is 35.2 Å². The normalized spacial score (nSPS) is 25.0. The molecule has 0 radical (unpaired) electrons. The summed E-state index contributed by atoms with van der Waals surface area (Å²) in [5, 5.41) is 11.1. The highest BCUT2D eigenvalue weighted by molar-refractivity contribution is 7.92. The van der Waals surface area contributed by atoms with E-state index in [2.05, 4.69) is 5.32 Å². The largest absolute Gasteiger partial charge is 0.396 e. The smallest absolute Gasteiger partial charge is 0.255 e. The number of fused-ring (bicyclic) bond motifs is 2. The maximum Gasteiger partial charge on any atom is 0.255 e. The Morgan fingerprint density at radius 2 is 1.66 bits per heavy atom. The number of halogens is 4. The van der Waals surface area contributed by atoms with Gasteiger partial charge in [0.05, 0.1) is 15.2 Å². The van der Waals surface area contributed by atoms with Gasteiger partial charge in [-0.2, -0.15) is 0 Å². The SMILES string of the molecule is O=C(Nc1cc(F)c(F)c(F)c1)c1ccc(Cl)c(S(=O)(=O)[C@H]2C3CCC2C[C@H](CO)C3)c1. The van der Waals surface area contributed by atoms with Crippen LogP contribution in [-0.2, 0) is 9.84 Å². The second-order valence-electron chi connectivity index (χ2n) is 8.48. The van der Waals surface area contributed by atoms with Gasteiger partial charge in [0.2, 0.25) is 0 Å². The first-order valence-corrected chi connectivity index (χ1v) is 12.1. The van der Waals surface area contributed by atoms with Crippen molar-refractivity contribution in [2.24, 2.45) is 17.8 Å². The molecule has 0 aromatic heterocycles. The lowest BCUT2D eigenvalue weighted by atomic mass is 9.81. The zero-order chi connectivity index (χ0) is 23.2. The molecule has 2 unspecified atom stereocenters. The van der Waals surface area contributed by atoms with Crippen LogP contribution in [0.5, 0.6) is 0 Å². The van der Waals surface area contributed by atoms with Crippen LogP contribution in [0.3, 0.4) is 0 Å². The summed E-state index contributed by atoms with van der Waals surface area (Å²) < 4.78 is 67.0. The van der Waals surface area contributed by atoms with Gasteiger partial charge in [-0.05, 0) is 61.6 Å². The van der Waals surface area contributed by atoms with Crippen LogP contribution in [0, 0.1) is 35.2 Å². The molecule has 5 nitrogen and oxygen atoms in total. The molecule has 2 N–H and O–H groups in total. The summed E-state index contributed by atoms with van der Waals surface area (Å²) >= 11 is 6.20. The van der Waals surface area contributed by atoms with Crippen molar-refractivity contribution >= 4 is 33.0 Å². The van der Waals surface area contributed by atoms with Crippen LogP contribution >= 0.6 is 11.6 Å². The second kappa shape index (κ2) is 8.68. The fraction of sp³-hybridized carbons (Fsp3) is 0.409. The standard InChI is InChI=1S/C22H21ClF3NO4S/c23-16-4-3-14(22(29)27-15-8-17(24)20(26)18(25)9-15)7-19(16)32(30,31)21-12-1-2-13(21)6-11(5-12)10-28/h3-4,7-9,11-13,21,28H,1-2,5-6,10H2,(H,27,29)/t11-,12?,13?,21+. The van der Waals surface area contributed by atoms with Crippen LogP contribution < -0.4 is 5.32 Å². The van der Waals surface area contributed by atoms with E-state index >= 15 is 0 Å². The third-order valence-corrected chi connectivity index (χ3v) is 9.35. The molecule has 0 spiro atoms. The third kappa shape index (κ3) is 4.13. The minimum atomic E-state index is -3.87. The van der Waals surface area contributed by atoms with Crippen LogP contribution in [0.1, 0.15) is 36.0 Å². The van der Waals surface area contributed by atoms with E-state index in [-0.39, 0.29) is 45.5 Å². The number of carbonyl (C=O) groups excluding carboxylic acids is 1. The summed E-state index contributed by atoms with van der Waals surface area (Å²) in [5.41, 5.74) is -0.388. The van der Waals surface area contributed by atoms with Gasteiger partial charge < -0.3 is 10.4 Å². The van der Waals surface area contributed by atoms with Crippen molar-refractivity contribution in [2.75, 3.05) is 11.9 Å². The number of hydrogen-bond acceptors (Lipinski definition) is 4. The molecule has 0 heterocycles. The number of sulfone groups is 1. The molecule has 1 amide bonds. The van der Waals surface area contributed by atoms with E-state index in [1.807, 2.05) is 0 Å². The number of aliphatic hydroxyl groups excluding tert-OH is 1. The number of benzene rings is 2. The Bertz CT molecular complexity index is 1140. The minimum absolute atomic E-state index is 0.0240. The van der Waals surface area contributed by atoms with E-state index in [4.69, 9.17) is 11.6 Å². The quantitative estimate of drug-likeness (QED) is 0.605. The first kappa shape index (κ1) is 23.1. The third-order valence-electron chi connectivity index (χ3n) is 6.47. The topological polar surface area (TPSA) is 83.5 Å². The van der Waals surface area contributed by atoms with Crippen molar-refractivity contribution in [3.63, 3.8) is 0 Å². The molecule has 2 bridgehead atoms. The molecule has 2 aromatic carbocycles. The van der Waals surface area contributed by atoms with E-state index in [1.165, 1.54) is 12.1 Å². The lowest BCUT2D eigenvalue weighted by Crippen LogP contribution is -2.38. The van der Waals surface area contributed by atoms with Gasteiger partial charge in [0.1, 0.15) is 0 Å². The van der Waals surface area contributed by atoms with E-state index in [1.54, 1.807) is 0 Å². The van der Waals surface area contributed by atoms with Crippen molar-refractivity contribution in [3.05, 3.63) is 58.4 Å². The summed E-state index contributed by atoms with van der Waals surface area (Å²) in [6, 6.07) is 4.99. The lowest BCUT2D eigenvalue weighted by Gasteiger charge is -2.34. The van der Waals surface area contributed by atoms with E-state index in [0.717, 1.165) is 18.9 Å². The summed E-state index contributed by atoms with van der Waals surface area (Å²) in [6.45, 7) is 0.0285. The Hall–Kier alpha value is -2.10. The zero-order valence-corrected chi connectivity index (χ0v) is 18.4. The van der Waals surface area contributed by atoms with Gasteiger partial charge in [-0.1, -0.05) is 11.6 Å². The fourth-order valence-electron chi connectivity index (χ4n) is 5.09. The maximum atomic E-state index is 13.5. The van der Waals surface area contributed by atoms with Gasteiger partial charge in [0.15, 0.2) is 27.3 Å². The Morgan fingerprint density at radius 1 is 1.06 bits per heavy atom. The van der Waals surface area contributed by atoms with Crippen LogP contribution in [0.2, 0.25) is 5.02 Å². The molecule has 32 heavy (non-hydrogen) atoms. The van der Waals surface area contributed by atoms with Crippen LogP contribution in [0.25, 0.3) is 0 Å². The molecule has 0 aliphatic heterocycles. The first-order chi connectivity index (χ1) is 15.1. The molecule has 2 atom stereocenters. The first-order valence-electron chi connectivity index (χ1n) is 10.2. The monoisotopic (exact) mass is 487 g/mol. The number of rotatable bonds is 5. The maximum absolute atomic E-state index is 13.5. The number of anilines is 1. The molecule has 2 aromatic rings. The zero-order valence-electron chi connectivity index (χ0n) is 16.8. The molecule has 2 aliphatic rings. The Balaban J connectivity index is 1.62. The molecule has 0 saturated heterocycles. The molecule has 4 rings (SSSR count). The van der Waals surface area contributed by atoms with E-state index < -0.39 is 38.4 Å².